The molecule has 2 amide bonds. The fourth-order valence-corrected chi connectivity index (χ4v) is 6.48. The zero-order valence-electron chi connectivity index (χ0n) is 17.7. The molecule has 29 heavy (non-hydrogen) atoms. The SMILES string of the molecule is CCCN(CCC)S(=O)(=O)c1cc(CN2C(=O)[C@H]3CCCC[C@@H]3C2=O)ccc1C. The van der Waals surface area contributed by atoms with Gasteiger partial charge in [0.15, 0.2) is 0 Å². The number of fused-ring (bicyclic) bond motifs is 1. The van der Waals surface area contributed by atoms with Gasteiger partial charge in [-0.15, -0.1) is 0 Å². The number of sulfonamides is 1. The molecule has 0 aromatic heterocycles. The van der Waals surface area contributed by atoms with Crippen LogP contribution in [0.2, 0.25) is 0 Å². The minimum absolute atomic E-state index is 0.0942. The van der Waals surface area contributed by atoms with E-state index in [0.29, 0.717) is 24.2 Å². The van der Waals surface area contributed by atoms with Crippen molar-refractivity contribution in [2.45, 2.75) is 70.7 Å². The van der Waals surface area contributed by atoms with Crippen LogP contribution < -0.4 is 0 Å². The number of hydrogen-bond acceptors (Lipinski definition) is 4. The van der Waals surface area contributed by atoms with Gasteiger partial charge in [-0.3, -0.25) is 14.5 Å². The van der Waals surface area contributed by atoms with Gasteiger partial charge in [0, 0.05) is 13.1 Å². The first-order valence-corrected chi connectivity index (χ1v) is 12.2. The van der Waals surface area contributed by atoms with E-state index in [1.165, 1.54) is 9.21 Å². The number of aryl methyl sites for hydroxylation is 1. The smallest absolute Gasteiger partial charge is 0.243 e. The van der Waals surface area contributed by atoms with E-state index in [1.54, 1.807) is 19.1 Å². The second-order valence-electron chi connectivity index (χ2n) is 8.26. The highest BCUT2D eigenvalue weighted by Gasteiger charge is 2.47. The molecule has 1 heterocycles. The molecule has 1 aliphatic heterocycles. The van der Waals surface area contributed by atoms with Gasteiger partial charge < -0.3 is 0 Å². The largest absolute Gasteiger partial charge is 0.278 e. The van der Waals surface area contributed by atoms with E-state index in [9.17, 15) is 18.0 Å². The number of carbonyl (C=O) groups excluding carboxylic acids is 2. The molecule has 0 N–H and O–H groups in total. The van der Waals surface area contributed by atoms with E-state index >= 15 is 0 Å². The Kier molecular flexibility index (Phi) is 6.79. The summed E-state index contributed by atoms with van der Waals surface area (Å²) < 4.78 is 28.0. The predicted molar refractivity (Wildman–Crippen MR) is 112 cm³/mol. The van der Waals surface area contributed by atoms with Crippen molar-refractivity contribution in [3.63, 3.8) is 0 Å². The average molecular weight is 421 g/mol. The summed E-state index contributed by atoms with van der Waals surface area (Å²) >= 11 is 0. The minimum Gasteiger partial charge on any atom is -0.278 e. The molecule has 0 bridgehead atoms. The van der Waals surface area contributed by atoms with Crippen molar-refractivity contribution in [3.05, 3.63) is 29.3 Å². The molecule has 1 aromatic carbocycles. The average Bonchev–Trinajstić information content (AvgIpc) is 2.94. The van der Waals surface area contributed by atoms with E-state index in [1.807, 2.05) is 19.9 Å². The highest BCUT2D eigenvalue weighted by molar-refractivity contribution is 7.89. The fraction of sp³-hybridized carbons (Fsp3) is 0.636. The van der Waals surface area contributed by atoms with Crippen LogP contribution in [0.25, 0.3) is 0 Å². The van der Waals surface area contributed by atoms with E-state index in [0.717, 1.165) is 38.5 Å². The van der Waals surface area contributed by atoms with Gasteiger partial charge in [-0.25, -0.2) is 8.42 Å². The summed E-state index contributed by atoms with van der Waals surface area (Å²) in [5.74, 6) is -0.560. The van der Waals surface area contributed by atoms with Crippen LogP contribution in [0.3, 0.4) is 0 Å². The Morgan fingerprint density at radius 2 is 1.55 bits per heavy atom. The summed E-state index contributed by atoms with van der Waals surface area (Å²) in [5, 5.41) is 0. The summed E-state index contributed by atoms with van der Waals surface area (Å²) in [6.45, 7) is 6.82. The summed E-state index contributed by atoms with van der Waals surface area (Å²) in [6, 6.07) is 5.24. The zero-order valence-corrected chi connectivity index (χ0v) is 18.5. The van der Waals surface area contributed by atoms with Crippen LogP contribution in [0, 0.1) is 18.8 Å². The molecule has 7 heteroatoms. The summed E-state index contributed by atoms with van der Waals surface area (Å²) in [4.78, 5) is 27.1. The third kappa shape index (κ3) is 4.26. The van der Waals surface area contributed by atoms with E-state index in [-0.39, 0.29) is 35.1 Å². The molecule has 1 saturated heterocycles. The third-order valence-electron chi connectivity index (χ3n) is 6.09. The van der Waals surface area contributed by atoms with Crippen molar-refractivity contribution in [3.8, 4) is 0 Å². The summed E-state index contributed by atoms with van der Waals surface area (Å²) in [5.41, 5.74) is 1.36. The molecule has 3 rings (SSSR count). The number of nitrogens with zero attached hydrogens (tertiary/aromatic N) is 2. The number of benzene rings is 1. The number of likely N-dealkylation sites (tertiary alicyclic amines) is 1. The quantitative estimate of drug-likeness (QED) is 0.604. The molecule has 160 valence electrons. The highest BCUT2D eigenvalue weighted by Crippen LogP contribution is 2.38. The van der Waals surface area contributed by atoms with Gasteiger partial charge in [0.25, 0.3) is 0 Å². The molecule has 0 spiro atoms. The lowest BCUT2D eigenvalue weighted by Gasteiger charge is -2.23. The van der Waals surface area contributed by atoms with Crippen molar-refractivity contribution in [1.82, 2.24) is 9.21 Å². The Labute approximate surface area is 174 Å². The molecule has 1 aliphatic carbocycles. The van der Waals surface area contributed by atoms with E-state index in [4.69, 9.17) is 0 Å². The number of hydrogen-bond donors (Lipinski definition) is 0. The van der Waals surface area contributed by atoms with Gasteiger partial charge in [-0.1, -0.05) is 38.8 Å². The standard InChI is InChI=1S/C22H32N2O4S/c1-4-12-23(13-5-2)29(27,28)20-14-17(11-10-16(20)3)15-24-21(25)18-8-6-7-9-19(18)22(24)26/h10-11,14,18-19H,4-9,12-13,15H2,1-3H3/t18-,19-/m0/s1. The third-order valence-corrected chi connectivity index (χ3v) is 8.13. The maximum Gasteiger partial charge on any atom is 0.243 e. The summed E-state index contributed by atoms with van der Waals surface area (Å²) in [7, 11) is -3.62. The first-order chi connectivity index (χ1) is 13.8. The van der Waals surface area contributed by atoms with E-state index in [2.05, 4.69) is 0 Å². The summed E-state index contributed by atoms with van der Waals surface area (Å²) in [6.07, 6.45) is 5.04. The van der Waals surface area contributed by atoms with Crippen LogP contribution in [-0.2, 0) is 26.2 Å². The monoisotopic (exact) mass is 420 g/mol. The van der Waals surface area contributed by atoms with Gasteiger partial charge in [-0.2, -0.15) is 4.31 Å². The van der Waals surface area contributed by atoms with Crippen LogP contribution in [0.15, 0.2) is 23.1 Å². The molecule has 1 aromatic rings. The Bertz CT molecular complexity index is 851. The molecule has 2 fully saturated rings. The van der Waals surface area contributed by atoms with Gasteiger partial charge in [-0.05, 0) is 49.8 Å². The molecule has 6 nitrogen and oxygen atoms in total. The molecular weight excluding hydrogens is 388 g/mol. The fourth-order valence-electron chi connectivity index (χ4n) is 4.58. The molecular formula is C22H32N2O4S. The minimum atomic E-state index is -3.62. The van der Waals surface area contributed by atoms with Crippen molar-refractivity contribution in [2.75, 3.05) is 13.1 Å². The predicted octanol–water partition coefficient (Wildman–Crippen LogP) is 3.48. The van der Waals surface area contributed by atoms with Gasteiger partial charge in [0.2, 0.25) is 21.8 Å². The maximum absolute atomic E-state index is 13.2. The van der Waals surface area contributed by atoms with E-state index < -0.39 is 10.0 Å². The lowest BCUT2D eigenvalue weighted by Crippen LogP contribution is -2.33. The Morgan fingerprint density at radius 3 is 2.07 bits per heavy atom. The van der Waals surface area contributed by atoms with Gasteiger partial charge in [0.05, 0.1) is 23.3 Å². The van der Waals surface area contributed by atoms with Crippen LogP contribution in [0.4, 0.5) is 0 Å². The number of carbonyl (C=O) groups is 2. The Hall–Kier alpha value is -1.73. The van der Waals surface area contributed by atoms with Crippen molar-refractivity contribution in [1.29, 1.82) is 0 Å². The van der Waals surface area contributed by atoms with Crippen LogP contribution in [0.5, 0.6) is 0 Å². The second-order valence-corrected chi connectivity index (χ2v) is 10.2. The molecule has 2 atom stereocenters. The molecule has 0 unspecified atom stereocenters. The van der Waals surface area contributed by atoms with Gasteiger partial charge in [0.1, 0.15) is 0 Å². The van der Waals surface area contributed by atoms with Crippen LogP contribution in [-0.4, -0.2) is 42.5 Å². The van der Waals surface area contributed by atoms with Crippen molar-refractivity contribution in [2.24, 2.45) is 11.8 Å². The Morgan fingerprint density at radius 1 is 1.00 bits per heavy atom. The van der Waals surface area contributed by atoms with Crippen LogP contribution in [0.1, 0.15) is 63.5 Å². The van der Waals surface area contributed by atoms with Gasteiger partial charge >= 0.3 is 0 Å². The topological polar surface area (TPSA) is 74.8 Å². The van der Waals surface area contributed by atoms with Crippen molar-refractivity contribution < 1.29 is 18.0 Å². The first-order valence-electron chi connectivity index (χ1n) is 10.8. The van der Waals surface area contributed by atoms with Crippen LogP contribution >= 0.6 is 0 Å². The molecule has 1 saturated carbocycles. The lowest BCUT2D eigenvalue weighted by atomic mass is 9.81. The highest BCUT2D eigenvalue weighted by atomic mass is 32.2. The normalized spacial score (nSPS) is 22.4. The number of amides is 2. The lowest BCUT2D eigenvalue weighted by molar-refractivity contribution is -0.140. The first kappa shape index (κ1) is 22.0. The number of imide groups is 1. The molecule has 0 radical (unpaired) electrons. The zero-order chi connectivity index (χ0) is 21.2. The molecule has 2 aliphatic rings. The number of rotatable bonds is 8. The van der Waals surface area contributed by atoms with Crippen molar-refractivity contribution >= 4 is 21.8 Å². The maximum atomic E-state index is 13.2. The Balaban J connectivity index is 1.87. The second kappa shape index (κ2) is 8.96.